The highest BCUT2D eigenvalue weighted by Gasteiger charge is 2.40. The molecule has 4 nitrogen and oxygen atoms in total. The molecular formula is C16H30N2O2. The van der Waals surface area contributed by atoms with E-state index in [0.717, 1.165) is 38.4 Å². The van der Waals surface area contributed by atoms with Crippen molar-refractivity contribution in [1.29, 1.82) is 0 Å². The van der Waals surface area contributed by atoms with Gasteiger partial charge in [0.2, 0.25) is 5.91 Å². The summed E-state index contributed by atoms with van der Waals surface area (Å²) in [5.41, 5.74) is -0.0729. The number of hydrogen-bond donors (Lipinski definition) is 0. The first-order valence-corrected chi connectivity index (χ1v) is 8.19. The Balaban J connectivity index is 1.89. The largest absolute Gasteiger partial charge is 0.363 e. The highest BCUT2D eigenvalue weighted by atomic mass is 16.5. The molecular weight excluding hydrogens is 252 g/mol. The molecule has 2 heterocycles. The molecule has 2 rings (SSSR count). The predicted molar refractivity (Wildman–Crippen MR) is 80.7 cm³/mol. The Morgan fingerprint density at radius 2 is 2.10 bits per heavy atom. The van der Waals surface area contributed by atoms with Gasteiger partial charge in [0.15, 0.2) is 0 Å². The Morgan fingerprint density at radius 3 is 2.80 bits per heavy atom. The Labute approximate surface area is 123 Å². The molecule has 116 valence electrons. The van der Waals surface area contributed by atoms with Crippen LogP contribution in [0.1, 0.15) is 46.5 Å². The highest BCUT2D eigenvalue weighted by molar-refractivity contribution is 5.78. The summed E-state index contributed by atoms with van der Waals surface area (Å²) in [6.07, 6.45) is 4.61. The smallest absolute Gasteiger partial charge is 0.248 e. The summed E-state index contributed by atoms with van der Waals surface area (Å²) in [4.78, 5) is 16.3. The first kappa shape index (κ1) is 15.8. The third-order valence-electron chi connectivity index (χ3n) is 4.73. The van der Waals surface area contributed by atoms with Gasteiger partial charge in [-0.05, 0) is 51.6 Å². The number of likely N-dealkylation sites (N-methyl/N-ethyl adjacent to an activating group) is 1. The molecule has 0 radical (unpaired) electrons. The summed E-state index contributed by atoms with van der Waals surface area (Å²) < 4.78 is 5.99. The van der Waals surface area contributed by atoms with Crippen LogP contribution < -0.4 is 0 Å². The van der Waals surface area contributed by atoms with Crippen LogP contribution >= 0.6 is 0 Å². The van der Waals surface area contributed by atoms with E-state index < -0.39 is 0 Å². The minimum atomic E-state index is -0.0729. The highest BCUT2D eigenvalue weighted by Crippen LogP contribution is 2.30. The zero-order valence-electron chi connectivity index (χ0n) is 13.4. The van der Waals surface area contributed by atoms with Crippen LogP contribution in [0.5, 0.6) is 0 Å². The second kappa shape index (κ2) is 6.90. The van der Waals surface area contributed by atoms with Crippen LogP contribution in [0.25, 0.3) is 0 Å². The van der Waals surface area contributed by atoms with Crippen LogP contribution in [0, 0.1) is 5.92 Å². The molecule has 0 aromatic heterocycles. The monoisotopic (exact) mass is 282 g/mol. The first-order chi connectivity index (χ1) is 9.54. The van der Waals surface area contributed by atoms with Crippen molar-refractivity contribution in [3.05, 3.63) is 0 Å². The number of likely N-dealkylation sites (tertiary alicyclic amines) is 1. The molecule has 2 fully saturated rings. The van der Waals surface area contributed by atoms with E-state index in [1.165, 1.54) is 25.9 Å². The van der Waals surface area contributed by atoms with E-state index in [2.05, 4.69) is 25.7 Å². The zero-order valence-corrected chi connectivity index (χ0v) is 13.4. The lowest BCUT2D eigenvalue weighted by atomic mass is 9.92. The quantitative estimate of drug-likeness (QED) is 0.792. The maximum atomic E-state index is 11.8. The fraction of sp³-hybridized carbons (Fsp3) is 0.938. The van der Waals surface area contributed by atoms with Gasteiger partial charge in [0.05, 0.1) is 5.60 Å². The van der Waals surface area contributed by atoms with E-state index in [-0.39, 0.29) is 18.1 Å². The van der Waals surface area contributed by atoms with E-state index in [4.69, 9.17) is 4.74 Å². The Kier molecular flexibility index (Phi) is 5.44. The predicted octanol–water partition coefficient (Wildman–Crippen LogP) is 2.14. The van der Waals surface area contributed by atoms with Crippen molar-refractivity contribution in [3.8, 4) is 0 Å². The lowest BCUT2D eigenvalue weighted by Crippen LogP contribution is -2.54. The molecule has 1 atom stereocenters. The third kappa shape index (κ3) is 3.95. The Hall–Kier alpha value is -0.610. The number of amides is 1. The molecule has 1 spiro atoms. The van der Waals surface area contributed by atoms with Gasteiger partial charge in [0.1, 0.15) is 6.61 Å². The van der Waals surface area contributed by atoms with E-state index in [1.807, 2.05) is 4.90 Å². The van der Waals surface area contributed by atoms with Crippen molar-refractivity contribution < 1.29 is 9.53 Å². The second-order valence-electron chi connectivity index (χ2n) is 6.76. The Bertz CT molecular complexity index is 332. The summed E-state index contributed by atoms with van der Waals surface area (Å²) in [7, 11) is 0. The summed E-state index contributed by atoms with van der Waals surface area (Å²) in [5.74, 6) is 0.922. The van der Waals surface area contributed by atoms with Crippen molar-refractivity contribution in [1.82, 2.24) is 9.80 Å². The zero-order chi connectivity index (χ0) is 14.6. The van der Waals surface area contributed by atoms with Crippen LogP contribution in [-0.2, 0) is 9.53 Å². The molecule has 0 bridgehead atoms. The van der Waals surface area contributed by atoms with E-state index in [1.54, 1.807) is 0 Å². The van der Waals surface area contributed by atoms with Crippen LogP contribution in [0.4, 0.5) is 0 Å². The summed E-state index contributed by atoms with van der Waals surface area (Å²) in [5, 5.41) is 0. The van der Waals surface area contributed by atoms with Crippen molar-refractivity contribution in [2.24, 2.45) is 5.92 Å². The molecule has 2 saturated heterocycles. The van der Waals surface area contributed by atoms with Gasteiger partial charge in [-0.3, -0.25) is 4.79 Å². The normalized spacial score (nSPS) is 29.2. The standard InChI is InChI=1S/C16H30N2O2/c1-4-18-13-16(20-12-15(18)19)7-5-9-17(11-8-16)10-6-14(2)3/h14H,4-13H2,1-3H3/t16-/m1/s1. The lowest BCUT2D eigenvalue weighted by molar-refractivity contribution is -0.165. The van der Waals surface area contributed by atoms with Crippen molar-refractivity contribution in [2.45, 2.75) is 52.1 Å². The fourth-order valence-corrected chi connectivity index (χ4v) is 3.27. The van der Waals surface area contributed by atoms with Gasteiger partial charge in [-0.2, -0.15) is 0 Å². The van der Waals surface area contributed by atoms with Crippen LogP contribution in [0.15, 0.2) is 0 Å². The van der Waals surface area contributed by atoms with Gasteiger partial charge in [-0.1, -0.05) is 13.8 Å². The van der Waals surface area contributed by atoms with Crippen molar-refractivity contribution in [3.63, 3.8) is 0 Å². The van der Waals surface area contributed by atoms with E-state index in [0.29, 0.717) is 0 Å². The number of ether oxygens (including phenoxy) is 1. The number of rotatable bonds is 4. The van der Waals surface area contributed by atoms with E-state index in [9.17, 15) is 4.79 Å². The second-order valence-corrected chi connectivity index (χ2v) is 6.76. The Morgan fingerprint density at radius 1 is 1.30 bits per heavy atom. The van der Waals surface area contributed by atoms with Crippen LogP contribution in [-0.4, -0.2) is 60.6 Å². The van der Waals surface area contributed by atoms with Crippen molar-refractivity contribution in [2.75, 3.05) is 39.3 Å². The van der Waals surface area contributed by atoms with Gasteiger partial charge >= 0.3 is 0 Å². The fourth-order valence-electron chi connectivity index (χ4n) is 3.27. The van der Waals surface area contributed by atoms with Gasteiger partial charge < -0.3 is 14.5 Å². The molecule has 0 aromatic carbocycles. The molecule has 0 N–H and O–H groups in total. The SMILES string of the molecule is CCN1C[C@]2(CCCN(CCC(C)C)CC2)OCC1=O. The molecule has 0 saturated carbocycles. The summed E-state index contributed by atoms with van der Waals surface area (Å²) >= 11 is 0. The first-order valence-electron chi connectivity index (χ1n) is 8.19. The number of hydrogen-bond acceptors (Lipinski definition) is 3. The third-order valence-corrected chi connectivity index (χ3v) is 4.73. The number of carbonyl (C=O) groups excluding carboxylic acids is 1. The number of morpholine rings is 1. The van der Waals surface area contributed by atoms with E-state index >= 15 is 0 Å². The van der Waals surface area contributed by atoms with Gasteiger partial charge in [0, 0.05) is 19.6 Å². The molecule has 0 aromatic rings. The molecule has 2 aliphatic rings. The maximum absolute atomic E-state index is 11.8. The molecule has 4 heteroatoms. The summed E-state index contributed by atoms with van der Waals surface area (Å²) in [6.45, 7) is 12.0. The molecule has 0 unspecified atom stereocenters. The average molecular weight is 282 g/mol. The summed E-state index contributed by atoms with van der Waals surface area (Å²) in [6, 6.07) is 0. The minimum absolute atomic E-state index is 0.0729. The lowest BCUT2D eigenvalue weighted by Gasteiger charge is -2.42. The van der Waals surface area contributed by atoms with Gasteiger partial charge in [-0.15, -0.1) is 0 Å². The molecule has 20 heavy (non-hydrogen) atoms. The molecule has 1 amide bonds. The molecule has 2 aliphatic heterocycles. The number of nitrogens with zero attached hydrogens (tertiary/aromatic N) is 2. The molecule has 0 aliphatic carbocycles. The van der Waals surface area contributed by atoms with Gasteiger partial charge in [-0.25, -0.2) is 0 Å². The maximum Gasteiger partial charge on any atom is 0.248 e. The van der Waals surface area contributed by atoms with Crippen molar-refractivity contribution >= 4 is 5.91 Å². The van der Waals surface area contributed by atoms with Gasteiger partial charge in [0.25, 0.3) is 0 Å². The number of carbonyl (C=O) groups is 1. The topological polar surface area (TPSA) is 32.8 Å². The average Bonchev–Trinajstić information content (AvgIpc) is 2.62. The minimum Gasteiger partial charge on any atom is -0.363 e. The van der Waals surface area contributed by atoms with Crippen LogP contribution in [0.2, 0.25) is 0 Å². The van der Waals surface area contributed by atoms with Crippen LogP contribution in [0.3, 0.4) is 0 Å².